The summed E-state index contributed by atoms with van der Waals surface area (Å²) in [6.45, 7) is 8.78. The molecule has 1 amide bonds. The molecule has 0 aliphatic carbocycles. The van der Waals surface area contributed by atoms with Gasteiger partial charge in [-0.25, -0.2) is 6.57 Å². The maximum atomic E-state index is 12.0. The van der Waals surface area contributed by atoms with Crippen LogP contribution in [0, 0.1) is 6.57 Å². The predicted molar refractivity (Wildman–Crippen MR) is 82.2 cm³/mol. The number of hydrogen-bond donors (Lipinski definition) is 1. The number of rotatable bonds is 5. The number of pyridine rings is 1. The van der Waals surface area contributed by atoms with Gasteiger partial charge in [0.15, 0.2) is 11.5 Å². The molecule has 120 valence electrons. The van der Waals surface area contributed by atoms with Crippen molar-refractivity contribution in [3.05, 3.63) is 59.7 Å². The van der Waals surface area contributed by atoms with Crippen molar-refractivity contribution in [2.45, 2.75) is 19.6 Å². The zero-order valence-electron chi connectivity index (χ0n) is 12.7. The molecule has 9 heteroatoms. The van der Waals surface area contributed by atoms with Crippen LogP contribution in [0.1, 0.15) is 29.3 Å². The van der Waals surface area contributed by atoms with Gasteiger partial charge in [-0.05, 0) is 12.1 Å². The first-order chi connectivity index (χ1) is 11.7. The van der Waals surface area contributed by atoms with E-state index in [1.54, 1.807) is 25.4 Å². The molecule has 0 bridgehead atoms. The first kappa shape index (κ1) is 15.4. The summed E-state index contributed by atoms with van der Waals surface area (Å²) in [5.74, 6) is 0.109. The van der Waals surface area contributed by atoms with Crippen LogP contribution >= 0.6 is 0 Å². The summed E-state index contributed by atoms with van der Waals surface area (Å²) in [5.41, 5.74) is 1.68. The number of carbonyl (C=O) groups is 1. The minimum absolute atomic E-state index is 0.138. The van der Waals surface area contributed by atoms with Gasteiger partial charge in [0, 0.05) is 30.9 Å². The van der Waals surface area contributed by atoms with Crippen molar-refractivity contribution in [3.8, 4) is 11.3 Å². The van der Waals surface area contributed by atoms with Gasteiger partial charge >= 0.3 is 6.17 Å². The van der Waals surface area contributed by atoms with E-state index in [0.29, 0.717) is 11.5 Å². The Morgan fingerprint density at radius 1 is 1.46 bits per heavy atom. The molecule has 0 saturated heterocycles. The molecule has 24 heavy (non-hydrogen) atoms. The summed E-state index contributed by atoms with van der Waals surface area (Å²) in [7, 11) is 0. The SMILES string of the molecule is [C-]#[N+]C(C)n1cc(C(=O)NCc2cc(-c3ccncc3)no2)nn1. The molecule has 0 aliphatic heterocycles. The van der Waals surface area contributed by atoms with Crippen molar-refractivity contribution >= 4 is 5.91 Å². The molecule has 3 aromatic rings. The van der Waals surface area contributed by atoms with Gasteiger partial charge < -0.3 is 9.84 Å². The van der Waals surface area contributed by atoms with Crippen molar-refractivity contribution in [2.75, 3.05) is 0 Å². The molecule has 3 aromatic heterocycles. The lowest BCUT2D eigenvalue weighted by molar-refractivity contribution is 0.0942. The van der Waals surface area contributed by atoms with Crippen LogP contribution in [0.2, 0.25) is 0 Å². The van der Waals surface area contributed by atoms with E-state index in [-0.39, 0.29) is 12.2 Å². The fraction of sp³-hybridized carbons (Fsp3) is 0.200. The highest BCUT2D eigenvalue weighted by atomic mass is 16.5. The highest BCUT2D eigenvalue weighted by Crippen LogP contribution is 2.17. The van der Waals surface area contributed by atoms with Gasteiger partial charge in [0.2, 0.25) is 0 Å². The molecule has 0 aromatic carbocycles. The minimum atomic E-state index is -0.503. The molecule has 3 rings (SSSR count). The summed E-state index contributed by atoms with van der Waals surface area (Å²) >= 11 is 0. The van der Waals surface area contributed by atoms with E-state index in [0.717, 1.165) is 5.56 Å². The maximum Gasteiger partial charge on any atom is 0.314 e. The van der Waals surface area contributed by atoms with Crippen molar-refractivity contribution in [1.82, 2.24) is 30.5 Å². The molecule has 0 fully saturated rings. The predicted octanol–water partition coefficient (Wildman–Crippen LogP) is 1.70. The van der Waals surface area contributed by atoms with Gasteiger partial charge in [-0.1, -0.05) is 10.4 Å². The molecule has 3 heterocycles. The van der Waals surface area contributed by atoms with Crippen LogP contribution in [0.15, 0.2) is 41.3 Å². The second-order valence-electron chi connectivity index (χ2n) is 4.94. The molecule has 9 nitrogen and oxygen atoms in total. The Morgan fingerprint density at radius 3 is 3.00 bits per heavy atom. The Morgan fingerprint density at radius 2 is 2.25 bits per heavy atom. The topological polar surface area (TPSA) is 103 Å². The molecule has 0 saturated carbocycles. The minimum Gasteiger partial charge on any atom is -0.359 e. The molecule has 1 N–H and O–H groups in total. The standard InChI is InChI=1S/C15H13N7O2/c1-10(16-2)22-9-14(19-21-22)15(23)18-8-12-7-13(20-24-12)11-3-5-17-6-4-11/h3-7,9-10H,8H2,1H3,(H,18,23). The second kappa shape index (κ2) is 6.70. The van der Waals surface area contributed by atoms with E-state index in [4.69, 9.17) is 11.1 Å². The monoisotopic (exact) mass is 323 g/mol. The van der Waals surface area contributed by atoms with E-state index in [2.05, 4.69) is 30.6 Å². The summed E-state index contributed by atoms with van der Waals surface area (Å²) in [6.07, 6.45) is 4.26. The highest BCUT2D eigenvalue weighted by molar-refractivity contribution is 5.91. The number of amides is 1. The van der Waals surface area contributed by atoms with Crippen LogP contribution in [-0.4, -0.2) is 31.0 Å². The number of hydrogen-bond acceptors (Lipinski definition) is 6. The first-order valence-electron chi connectivity index (χ1n) is 7.10. The first-order valence-corrected chi connectivity index (χ1v) is 7.10. The number of nitrogens with zero attached hydrogens (tertiary/aromatic N) is 6. The highest BCUT2D eigenvalue weighted by Gasteiger charge is 2.16. The van der Waals surface area contributed by atoms with Crippen LogP contribution in [0.3, 0.4) is 0 Å². The quantitative estimate of drug-likeness (QED) is 0.717. The van der Waals surface area contributed by atoms with E-state index in [1.807, 2.05) is 12.1 Å². The zero-order valence-corrected chi connectivity index (χ0v) is 12.7. The van der Waals surface area contributed by atoms with Crippen LogP contribution in [0.4, 0.5) is 0 Å². The van der Waals surface area contributed by atoms with Gasteiger partial charge in [0.1, 0.15) is 5.69 Å². The number of carbonyl (C=O) groups excluding carboxylic acids is 1. The van der Waals surface area contributed by atoms with Crippen molar-refractivity contribution in [2.24, 2.45) is 0 Å². The fourth-order valence-corrected chi connectivity index (χ4v) is 1.94. The van der Waals surface area contributed by atoms with Gasteiger partial charge in [-0.2, -0.15) is 4.68 Å². The molecule has 0 spiro atoms. The van der Waals surface area contributed by atoms with E-state index in [9.17, 15) is 4.79 Å². The Balaban J connectivity index is 1.62. The molecule has 0 aliphatic rings. The van der Waals surface area contributed by atoms with Crippen molar-refractivity contribution in [1.29, 1.82) is 0 Å². The second-order valence-corrected chi connectivity index (χ2v) is 4.94. The lowest BCUT2D eigenvalue weighted by Crippen LogP contribution is -2.22. The Bertz CT molecular complexity index is 879. The molecular formula is C15H13N7O2. The lowest BCUT2D eigenvalue weighted by atomic mass is 10.2. The van der Waals surface area contributed by atoms with Crippen molar-refractivity contribution in [3.63, 3.8) is 0 Å². The van der Waals surface area contributed by atoms with Crippen LogP contribution in [-0.2, 0) is 6.54 Å². The van der Waals surface area contributed by atoms with Gasteiger partial charge in [-0.15, -0.1) is 5.10 Å². The molecular weight excluding hydrogens is 310 g/mol. The van der Waals surface area contributed by atoms with Gasteiger partial charge in [-0.3, -0.25) is 14.6 Å². The Labute approximate surface area is 137 Å². The molecule has 1 unspecified atom stereocenters. The van der Waals surface area contributed by atoms with E-state index < -0.39 is 12.1 Å². The van der Waals surface area contributed by atoms with Gasteiger partial charge in [0.25, 0.3) is 5.91 Å². The third-order valence-electron chi connectivity index (χ3n) is 3.27. The third-order valence-corrected chi connectivity index (χ3v) is 3.27. The van der Waals surface area contributed by atoms with Gasteiger partial charge in [0.05, 0.1) is 12.7 Å². The van der Waals surface area contributed by atoms with Crippen LogP contribution in [0.5, 0.6) is 0 Å². The lowest BCUT2D eigenvalue weighted by Gasteiger charge is -1.98. The van der Waals surface area contributed by atoms with Crippen LogP contribution in [0.25, 0.3) is 16.1 Å². The van der Waals surface area contributed by atoms with Crippen LogP contribution < -0.4 is 5.32 Å². The Kier molecular flexibility index (Phi) is 4.29. The largest absolute Gasteiger partial charge is 0.359 e. The zero-order chi connectivity index (χ0) is 16.9. The molecule has 1 atom stereocenters. The average molecular weight is 323 g/mol. The number of nitrogens with one attached hydrogen (secondary N) is 1. The fourth-order valence-electron chi connectivity index (χ4n) is 1.94. The maximum absolute atomic E-state index is 12.0. The Hall–Kier alpha value is -3.54. The summed E-state index contributed by atoms with van der Waals surface area (Å²) in [6, 6.07) is 5.38. The van der Waals surface area contributed by atoms with E-state index in [1.165, 1.54) is 10.9 Å². The number of aromatic nitrogens is 5. The summed E-state index contributed by atoms with van der Waals surface area (Å²) in [5, 5.41) is 14.1. The molecule has 0 radical (unpaired) electrons. The summed E-state index contributed by atoms with van der Waals surface area (Å²) < 4.78 is 6.53. The van der Waals surface area contributed by atoms with E-state index >= 15 is 0 Å². The van der Waals surface area contributed by atoms with Crippen molar-refractivity contribution < 1.29 is 9.32 Å². The normalized spacial score (nSPS) is 11.7. The average Bonchev–Trinajstić information content (AvgIpc) is 3.29. The summed E-state index contributed by atoms with van der Waals surface area (Å²) in [4.78, 5) is 19.3. The smallest absolute Gasteiger partial charge is 0.314 e. The third kappa shape index (κ3) is 3.27.